The Morgan fingerprint density at radius 3 is 2.42 bits per heavy atom. The van der Waals surface area contributed by atoms with Gasteiger partial charge in [0.15, 0.2) is 0 Å². The number of rotatable bonds is 2. The van der Waals surface area contributed by atoms with Gasteiger partial charge in [-0.3, -0.25) is 9.59 Å². The molecule has 0 saturated heterocycles. The maximum Gasteiger partial charge on any atom is 0.309 e. The molecule has 4 rings (SSSR count). The standard InChI is InChI=1S/C22H32O4/c1-12(23)14-6-7-15-13-4-5-17-19(20(25)26)18(24)9-11-22(17,3)16(13)8-10-21(14,15)2/h14-15,17-19,24H,4-11H2,1-3H3,(H,25,26)/t14-,15+,17+,18+,19+,21-,22-/m1/s1. The number of allylic oxidation sites excluding steroid dienone is 2. The third kappa shape index (κ3) is 2.30. The zero-order chi connectivity index (χ0) is 18.9. The maximum atomic E-state index is 12.2. The van der Waals surface area contributed by atoms with Gasteiger partial charge in [0.05, 0.1) is 12.0 Å². The first-order valence-electron chi connectivity index (χ1n) is 10.3. The van der Waals surface area contributed by atoms with Crippen LogP contribution in [0.15, 0.2) is 11.1 Å². The van der Waals surface area contributed by atoms with E-state index in [1.807, 2.05) is 0 Å². The van der Waals surface area contributed by atoms with E-state index in [2.05, 4.69) is 13.8 Å². The molecule has 26 heavy (non-hydrogen) atoms. The second-order valence-corrected chi connectivity index (χ2v) is 9.84. The number of carboxylic acids is 1. The molecule has 2 N–H and O–H groups in total. The van der Waals surface area contributed by atoms with Gasteiger partial charge in [-0.1, -0.05) is 25.0 Å². The molecule has 2 fully saturated rings. The molecular formula is C22H32O4. The Balaban J connectivity index is 1.73. The highest BCUT2D eigenvalue weighted by atomic mass is 16.4. The largest absolute Gasteiger partial charge is 0.481 e. The van der Waals surface area contributed by atoms with Crippen molar-refractivity contribution in [2.75, 3.05) is 0 Å². The summed E-state index contributed by atoms with van der Waals surface area (Å²) in [5, 5.41) is 20.1. The highest BCUT2D eigenvalue weighted by Gasteiger charge is 2.58. The number of hydrogen-bond acceptors (Lipinski definition) is 3. The molecule has 0 aromatic rings. The fraction of sp³-hybridized carbons (Fsp3) is 0.818. The minimum Gasteiger partial charge on any atom is -0.481 e. The number of aliphatic hydroxyl groups excluding tert-OH is 1. The van der Waals surface area contributed by atoms with Gasteiger partial charge in [0.2, 0.25) is 0 Å². The van der Waals surface area contributed by atoms with Crippen molar-refractivity contribution in [3.8, 4) is 0 Å². The number of ketones is 1. The first-order valence-corrected chi connectivity index (χ1v) is 10.3. The lowest BCUT2D eigenvalue weighted by Crippen LogP contribution is -2.52. The lowest BCUT2D eigenvalue weighted by Gasteiger charge is -2.56. The summed E-state index contributed by atoms with van der Waals surface area (Å²) in [5.41, 5.74) is 3.06. The summed E-state index contributed by atoms with van der Waals surface area (Å²) < 4.78 is 0. The smallest absolute Gasteiger partial charge is 0.309 e. The highest BCUT2D eigenvalue weighted by Crippen LogP contribution is 2.65. The average Bonchev–Trinajstić information content (AvgIpc) is 2.92. The van der Waals surface area contributed by atoms with Crippen molar-refractivity contribution in [2.45, 2.75) is 78.2 Å². The number of carboxylic acid groups (broad SMARTS) is 1. The molecule has 0 aromatic heterocycles. The highest BCUT2D eigenvalue weighted by molar-refractivity contribution is 5.79. The fourth-order valence-corrected chi connectivity index (χ4v) is 7.56. The third-order valence-corrected chi connectivity index (χ3v) is 8.87. The van der Waals surface area contributed by atoms with Crippen LogP contribution in [0.3, 0.4) is 0 Å². The van der Waals surface area contributed by atoms with E-state index in [9.17, 15) is 19.8 Å². The minimum absolute atomic E-state index is 0.0388. The van der Waals surface area contributed by atoms with E-state index in [1.54, 1.807) is 12.5 Å². The van der Waals surface area contributed by atoms with Crippen LogP contribution in [0.2, 0.25) is 0 Å². The molecule has 0 aromatic carbocycles. The summed E-state index contributed by atoms with van der Waals surface area (Å²) in [7, 11) is 0. The summed E-state index contributed by atoms with van der Waals surface area (Å²) in [6.07, 6.45) is 6.73. The zero-order valence-corrected chi connectivity index (χ0v) is 16.3. The van der Waals surface area contributed by atoms with Gasteiger partial charge >= 0.3 is 5.97 Å². The van der Waals surface area contributed by atoms with Gasteiger partial charge in [0.1, 0.15) is 5.78 Å². The van der Waals surface area contributed by atoms with Crippen molar-refractivity contribution in [1.82, 2.24) is 0 Å². The Hall–Kier alpha value is -1.16. The molecule has 4 aliphatic rings. The van der Waals surface area contributed by atoms with Crippen LogP contribution in [0.1, 0.15) is 72.1 Å². The Kier molecular flexibility index (Phi) is 4.15. The van der Waals surface area contributed by atoms with E-state index in [0.717, 1.165) is 44.9 Å². The Labute approximate surface area is 156 Å². The number of carbonyl (C=O) groups is 2. The van der Waals surface area contributed by atoms with E-state index in [0.29, 0.717) is 18.1 Å². The maximum absolute atomic E-state index is 12.2. The predicted octanol–water partition coefficient (Wildman–Crippen LogP) is 3.97. The number of Topliss-reactive ketones (excluding diaryl/α,β-unsaturated/α-hetero) is 1. The van der Waals surface area contributed by atoms with Crippen LogP contribution in [-0.4, -0.2) is 28.1 Å². The molecule has 4 heteroatoms. The van der Waals surface area contributed by atoms with Crippen molar-refractivity contribution < 1.29 is 19.8 Å². The van der Waals surface area contributed by atoms with Crippen molar-refractivity contribution >= 4 is 11.8 Å². The molecule has 0 bridgehead atoms. The minimum atomic E-state index is -0.837. The predicted molar refractivity (Wildman–Crippen MR) is 98.5 cm³/mol. The van der Waals surface area contributed by atoms with E-state index in [1.165, 1.54) is 5.57 Å². The molecule has 0 unspecified atom stereocenters. The van der Waals surface area contributed by atoms with Crippen molar-refractivity contribution in [3.05, 3.63) is 11.1 Å². The lowest BCUT2D eigenvalue weighted by molar-refractivity contribution is -0.156. The van der Waals surface area contributed by atoms with E-state index < -0.39 is 18.0 Å². The van der Waals surface area contributed by atoms with Gasteiger partial charge in [-0.2, -0.15) is 0 Å². The van der Waals surface area contributed by atoms with E-state index >= 15 is 0 Å². The van der Waals surface area contributed by atoms with Gasteiger partial charge in [-0.15, -0.1) is 0 Å². The summed E-state index contributed by atoms with van der Waals surface area (Å²) in [4.78, 5) is 24.1. The molecule has 0 spiro atoms. The number of carbonyl (C=O) groups excluding carboxylic acids is 1. The molecule has 0 aliphatic heterocycles. The monoisotopic (exact) mass is 360 g/mol. The van der Waals surface area contributed by atoms with E-state index in [4.69, 9.17) is 0 Å². The van der Waals surface area contributed by atoms with Crippen molar-refractivity contribution in [3.63, 3.8) is 0 Å². The van der Waals surface area contributed by atoms with Gasteiger partial charge < -0.3 is 10.2 Å². The molecule has 0 heterocycles. The Morgan fingerprint density at radius 2 is 1.77 bits per heavy atom. The Bertz CT molecular complexity index is 680. The second-order valence-electron chi connectivity index (χ2n) is 9.84. The van der Waals surface area contributed by atoms with Crippen molar-refractivity contribution in [1.29, 1.82) is 0 Å². The molecule has 144 valence electrons. The van der Waals surface area contributed by atoms with Crippen LogP contribution in [-0.2, 0) is 9.59 Å². The first-order chi connectivity index (χ1) is 12.2. The molecular weight excluding hydrogens is 328 g/mol. The number of fused-ring (bicyclic) bond motifs is 4. The summed E-state index contributed by atoms with van der Waals surface area (Å²) in [6, 6.07) is 0. The lowest BCUT2D eigenvalue weighted by atomic mass is 9.49. The fourth-order valence-electron chi connectivity index (χ4n) is 7.56. The number of hydrogen-bond donors (Lipinski definition) is 2. The van der Waals surface area contributed by atoms with Crippen LogP contribution < -0.4 is 0 Å². The SMILES string of the molecule is CC(=O)[C@H]1CC[C@H]2C3=C(CC[C@]12C)[C@@]1(C)CC[C@H](O)[C@@H](C(=O)O)[C@@H]1CC3. The number of aliphatic hydroxyl groups is 1. The van der Waals surface area contributed by atoms with Gasteiger partial charge in [-0.25, -0.2) is 0 Å². The van der Waals surface area contributed by atoms with Gasteiger partial charge in [0, 0.05) is 5.92 Å². The molecule has 0 radical (unpaired) electrons. The topological polar surface area (TPSA) is 74.6 Å². The molecule has 4 aliphatic carbocycles. The summed E-state index contributed by atoms with van der Waals surface area (Å²) in [5.74, 6) is -0.414. The number of aliphatic carboxylic acids is 1. The zero-order valence-electron chi connectivity index (χ0n) is 16.3. The molecule has 0 amide bonds. The summed E-state index contributed by atoms with van der Waals surface area (Å²) >= 11 is 0. The van der Waals surface area contributed by atoms with Crippen LogP contribution in [0.4, 0.5) is 0 Å². The normalized spacial score (nSPS) is 47.8. The Morgan fingerprint density at radius 1 is 1.04 bits per heavy atom. The van der Waals surface area contributed by atoms with Crippen LogP contribution >= 0.6 is 0 Å². The third-order valence-electron chi connectivity index (χ3n) is 8.87. The molecule has 4 nitrogen and oxygen atoms in total. The van der Waals surface area contributed by atoms with Gasteiger partial charge in [-0.05, 0) is 81.0 Å². The van der Waals surface area contributed by atoms with Crippen LogP contribution in [0.25, 0.3) is 0 Å². The average molecular weight is 360 g/mol. The van der Waals surface area contributed by atoms with E-state index in [-0.39, 0.29) is 22.7 Å². The summed E-state index contributed by atoms with van der Waals surface area (Å²) in [6.45, 7) is 6.33. The first kappa shape index (κ1) is 18.2. The molecule has 2 saturated carbocycles. The quantitative estimate of drug-likeness (QED) is 0.731. The van der Waals surface area contributed by atoms with Crippen LogP contribution in [0.5, 0.6) is 0 Å². The van der Waals surface area contributed by atoms with Crippen LogP contribution in [0, 0.1) is 34.5 Å². The van der Waals surface area contributed by atoms with Gasteiger partial charge in [0.25, 0.3) is 0 Å². The second kappa shape index (κ2) is 5.92. The van der Waals surface area contributed by atoms with Crippen molar-refractivity contribution in [2.24, 2.45) is 34.5 Å². The molecule has 7 atom stereocenters.